The van der Waals surface area contributed by atoms with Crippen molar-refractivity contribution < 1.29 is 14.3 Å². The minimum absolute atomic E-state index is 0.147. The third-order valence-corrected chi connectivity index (χ3v) is 5.34. The Labute approximate surface area is 168 Å². The molecule has 3 aromatic rings. The van der Waals surface area contributed by atoms with Gasteiger partial charge in [0, 0.05) is 31.1 Å². The lowest BCUT2D eigenvalue weighted by molar-refractivity contribution is -0.133. The molecule has 0 unspecified atom stereocenters. The van der Waals surface area contributed by atoms with Crippen LogP contribution in [0, 0.1) is 0 Å². The zero-order valence-electron chi connectivity index (χ0n) is 16.3. The minimum atomic E-state index is -0.679. The lowest BCUT2D eigenvalue weighted by Crippen LogP contribution is -2.33. The van der Waals surface area contributed by atoms with E-state index in [4.69, 9.17) is 4.74 Å². The molecule has 1 amide bonds. The van der Waals surface area contributed by atoms with Gasteiger partial charge < -0.3 is 14.2 Å². The van der Waals surface area contributed by atoms with E-state index in [1.54, 1.807) is 24.1 Å². The summed E-state index contributed by atoms with van der Waals surface area (Å²) in [4.78, 5) is 39.9. The Morgan fingerprint density at radius 1 is 0.931 bits per heavy atom. The van der Waals surface area contributed by atoms with E-state index in [2.05, 4.69) is 0 Å². The number of aromatic nitrogens is 1. The number of amides is 1. The second-order valence-electron chi connectivity index (χ2n) is 7.16. The van der Waals surface area contributed by atoms with Crippen LogP contribution in [-0.4, -0.2) is 41.0 Å². The van der Waals surface area contributed by atoms with Gasteiger partial charge >= 0.3 is 5.97 Å². The van der Waals surface area contributed by atoms with Gasteiger partial charge in [0.05, 0.1) is 0 Å². The van der Waals surface area contributed by atoms with E-state index < -0.39 is 5.97 Å². The monoisotopic (exact) mass is 390 g/mol. The fraction of sp³-hybridized carbons (Fsp3) is 0.261. The standard InChI is InChI=1S/C23H22N2O4/c1-24-21(23(28)29-15-19(26)25-13-7-8-14-25)20(16-9-3-2-4-10-16)17-11-5-6-12-18(17)22(24)27/h2-6,9-12H,7-8,13-15H2,1H3. The van der Waals surface area contributed by atoms with E-state index in [-0.39, 0.29) is 23.8 Å². The molecule has 29 heavy (non-hydrogen) atoms. The van der Waals surface area contributed by atoms with Crippen molar-refractivity contribution in [2.45, 2.75) is 12.8 Å². The minimum Gasteiger partial charge on any atom is -0.451 e. The molecule has 1 aliphatic heterocycles. The van der Waals surface area contributed by atoms with Crippen LogP contribution >= 0.6 is 0 Å². The first-order valence-corrected chi connectivity index (χ1v) is 9.70. The smallest absolute Gasteiger partial charge is 0.356 e. The van der Waals surface area contributed by atoms with Crippen molar-refractivity contribution >= 4 is 22.6 Å². The second kappa shape index (κ2) is 7.91. The Morgan fingerprint density at radius 3 is 2.24 bits per heavy atom. The Hall–Kier alpha value is -3.41. The molecule has 6 heteroatoms. The normalized spacial score (nSPS) is 13.6. The number of hydrogen-bond acceptors (Lipinski definition) is 4. The predicted octanol–water partition coefficient (Wildman–Crippen LogP) is 2.98. The highest BCUT2D eigenvalue weighted by molar-refractivity contribution is 6.06. The Bertz CT molecular complexity index is 1130. The summed E-state index contributed by atoms with van der Waals surface area (Å²) < 4.78 is 6.67. The Kier molecular flexibility index (Phi) is 5.16. The van der Waals surface area contributed by atoms with Crippen LogP contribution in [0.2, 0.25) is 0 Å². The highest BCUT2D eigenvalue weighted by atomic mass is 16.5. The molecular formula is C23H22N2O4. The summed E-state index contributed by atoms with van der Waals surface area (Å²) in [5, 5.41) is 1.21. The number of hydrogen-bond donors (Lipinski definition) is 0. The first-order valence-electron chi connectivity index (χ1n) is 9.70. The Morgan fingerprint density at radius 2 is 1.55 bits per heavy atom. The van der Waals surface area contributed by atoms with E-state index in [0.29, 0.717) is 29.4 Å². The van der Waals surface area contributed by atoms with Gasteiger partial charge in [-0.25, -0.2) is 4.79 Å². The fourth-order valence-electron chi connectivity index (χ4n) is 3.85. The number of carbonyl (C=O) groups excluding carboxylic acids is 2. The van der Waals surface area contributed by atoms with Crippen molar-refractivity contribution in [1.29, 1.82) is 0 Å². The second-order valence-corrected chi connectivity index (χ2v) is 7.16. The number of rotatable bonds is 4. The molecule has 1 aromatic heterocycles. The predicted molar refractivity (Wildman–Crippen MR) is 111 cm³/mol. The van der Waals surface area contributed by atoms with Crippen LogP contribution in [0.25, 0.3) is 21.9 Å². The molecule has 0 aliphatic carbocycles. The molecule has 2 aromatic carbocycles. The molecular weight excluding hydrogens is 368 g/mol. The molecule has 0 bridgehead atoms. The molecule has 148 valence electrons. The molecule has 2 heterocycles. The van der Waals surface area contributed by atoms with Crippen LogP contribution in [-0.2, 0) is 16.6 Å². The van der Waals surface area contributed by atoms with Crippen molar-refractivity contribution in [2.75, 3.05) is 19.7 Å². The van der Waals surface area contributed by atoms with Crippen molar-refractivity contribution in [1.82, 2.24) is 9.47 Å². The molecule has 0 saturated carbocycles. The molecule has 4 rings (SSSR count). The van der Waals surface area contributed by atoms with Crippen LogP contribution in [0.1, 0.15) is 23.3 Å². The number of esters is 1. The molecule has 6 nitrogen and oxygen atoms in total. The molecule has 0 N–H and O–H groups in total. The summed E-state index contributed by atoms with van der Waals surface area (Å²) in [7, 11) is 1.56. The highest BCUT2D eigenvalue weighted by Crippen LogP contribution is 2.30. The van der Waals surface area contributed by atoms with Crippen LogP contribution in [0.3, 0.4) is 0 Å². The van der Waals surface area contributed by atoms with E-state index in [9.17, 15) is 14.4 Å². The SMILES string of the molecule is Cn1c(C(=O)OCC(=O)N2CCCC2)c(-c2ccccc2)c2ccccc2c1=O. The molecule has 1 saturated heterocycles. The topological polar surface area (TPSA) is 68.6 Å². The maximum Gasteiger partial charge on any atom is 0.356 e. The van der Waals surface area contributed by atoms with Gasteiger partial charge in [0.15, 0.2) is 6.61 Å². The quantitative estimate of drug-likeness (QED) is 0.643. The van der Waals surface area contributed by atoms with Crippen molar-refractivity contribution in [3.63, 3.8) is 0 Å². The van der Waals surface area contributed by atoms with Crippen molar-refractivity contribution in [3.8, 4) is 11.1 Å². The van der Waals surface area contributed by atoms with Crippen LogP contribution in [0.15, 0.2) is 59.4 Å². The van der Waals surface area contributed by atoms with Crippen LogP contribution < -0.4 is 5.56 Å². The van der Waals surface area contributed by atoms with Gasteiger partial charge in [0.25, 0.3) is 11.5 Å². The first-order chi connectivity index (χ1) is 14.1. The van der Waals surface area contributed by atoms with Crippen molar-refractivity contribution in [3.05, 3.63) is 70.6 Å². The fourth-order valence-corrected chi connectivity index (χ4v) is 3.85. The van der Waals surface area contributed by atoms with Crippen LogP contribution in [0.5, 0.6) is 0 Å². The van der Waals surface area contributed by atoms with E-state index in [1.807, 2.05) is 42.5 Å². The average molecular weight is 390 g/mol. The zero-order chi connectivity index (χ0) is 20.4. The lowest BCUT2D eigenvalue weighted by atomic mass is 9.97. The molecule has 1 aliphatic rings. The average Bonchev–Trinajstić information content (AvgIpc) is 3.30. The van der Waals surface area contributed by atoms with Crippen molar-refractivity contribution in [2.24, 2.45) is 7.05 Å². The van der Waals surface area contributed by atoms with Crippen LogP contribution in [0.4, 0.5) is 0 Å². The van der Waals surface area contributed by atoms with Gasteiger partial charge in [-0.05, 0) is 29.9 Å². The van der Waals surface area contributed by atoms with E-state index in [0.717, 1.165) is 18.4 Å². The summed E-state index contributed by atoms with van der Waals surface area (Å²) in [6.45, 7) is 1.06. The maximum absolute atomic E-state index is 13.0. The zero-order valence-corrected chi connectivity index (χ0v) is 16.3. The Balaban J connectivity index is 1.78. The van der Waals surface area contributed by atoms with Gasteiger partial charge in [-0.2, -0.15) is 0 Å². The lowest BCUT2D eigenvalue weighted by Gasteiger charge is -2.18. The number of pyridine rings is 1. The first kappa shape index (κ1) is 18.9. The summed E-state index contributed by atoms with van der Waals surface area (Å²) >= 11 is 0. The number of carbonyl (C=O) groups is 2. The molecule has 1 fully saturated rings. The number of ether oxygens (including phenoxy) is 1. The van der Waals surface area contributed by atoms with Gasteiger partial charge in [-0.3, -0.25) is 9.59 Å². The van der Waals surface area contributed by atoms with Gasteiger partial charge in [0.1, 0.15) is 5.69 Å². The third kappa shape index (κ3) is 3.53. The number of fused-ring (bicyclic) bond motifs is 1. The molecule has 0 radical (unpaired) electrons. The highest BCUT2D eigenvalue weighted by Gasteiger charge is 2.25. The van der Waals surface area contributed by atoms with Gasteiger partial charge in [-0.15, -0.1) is 0 Å². The summed E-state index contributed by atoms with van der Waals surface area (Å²) in [6, 6.07) is 16.6. The summed E-state index contributed by atoms with van der Waals surface area (Å²) in [6.07, 6.45) is 1.94. The molecule has 0 spiro atoms. The van der Waals surface area contributed by atoms with Gasteiger partial charge in [0.2, 0.25) is 0 Å². The maximum atomic E-state index is 13.0. The summed E-state index contributed by atoms with van der Waals surface area (Å²) in [5.74, 6) is -0.885. The number of benzene rings is 2. The van der Waals surface area contributed by atoms with E-state index in [1.165, 1.54) is 4.57 Å². The van der Waals surface area contributed by atoms with Gasteiger partial charge in [-0.1, -0.05) is 48.5 Å². The number of nitrogens with zero attached hydrogens (tertiary/aromatic N) is 2. The largest absolute Gasteiger partial charge is 0.451 e. The molecule has 0 atom stereocenters. The summed E-state index contributed by atoms with van der Waals surface area (Å²) in [5.41, 5.74) is 1.30. The third-order valence-electron chi connectivity index (χ3n) is 5.34. The van der Waals surface area contributed by atoms with E-state index >= 15 is 0 Å². The number of likely N-dealkylation sites (tertiary alicyclic amines) is 1.